The molecule has 2 aliphatic rings. The van der Waals surface area contributed by atoms with Gasteiger partial charge in [-0.1, -0.05) is 0 Å². The minimum Gasteiger partial charge on any atom is -0.342 e. The van der Waals surface area contributed by atoms with Crippen LogP contribution in [0.4, 0.5) is 5.13 Å². The van der Waals surface area contributed by atoms with Crippen molar-refractivity contribution in [2.45, 2.75) is 43.8 Å². The molecule has 1 aromatic heterocycles. The SMILES string of the molecule is Cl.Cl.NC1CC2CCC(C1)N2c1nccs1. The van der Waals surface area contributed by atoms with Gasteiger partial charge in [0.15, 0.2) is 5.13 Å². The molecule has 0 aromatic carbocycles. The number of hydrogen-bond acceptors (Lipinski definition) is 4. The summed E-state index contributed by atoms with van der Waals surface area (Å²) in [5, 5.41) is 3.26. The van der Waals surface area contributed by atoms with E-state index >= 15 is 0 Å². The molecule has 1 aromatic rings. The van der Waals surface area contributed by atoms with Crippen LogP contribution >= 0.6 is 36.2 Å². The average Bonchev–Trinajstić information content (AvgIpc) is 2.72. The maximum absolute atomic E-state index is 6.03. The van der Waals surface area contributed by atoms with Crippen molar-refractivity contribution in [3.05, 3.63) is 11.6 Å². The quantitative estimate of drug-likeness (QED) is 0.860. The van der Waals surface area contributed by atoms with Gasteiger partial charge in [0.05, 0.1) is 0 Å². The van der Waals surface area contributed by atoms with E-state index in [-0.39, 0.29) is 24.8 Å². The van der Waals surface area contributed by atoms with Crippen LogP contribution in [-0.2, 0) is 0 Å². The minimum absolute atomic E-state index is 0. The van der Waals surface area contributed by atoms with Crippen molar-refractivity contribution < 1.29 is 0 Å². The third-order valence-electron chi connectivity index (χ3n) is 3.41. The van der Waals surface area contributed by atoms with Crippen molar-refractivity contribution in [1.82, 2.24) is 4.98 Å². The molecule has 0 aliphatic carbocycles. The third kappa shape index (κ3) is 2.30. The molecule has 0 saturated carbocycles. The second-order valence-electron chi connectivity index (χ2n) is 4.34. The van der Waals surface area contributed by atoms with Gasteiger partial charge in [0.25, 0.3) is 0 Å². The van der Waals surface area contributed by atoms with Crippen molar-refractivity contribution >= 4 is 41.3 Å². The van der Waals surface area contributed by atoms with Gasteiger partial charge >= 0.3 is 0 Å². The number of anilines is 1. The maximum atomic E-state index is 6.03. The Hall–Kier alpha value is -0.0300. The highest BCUT2D eigenvalue weighted by Gasteiger charge is 2.40. The molecule has 2 fully saturated rings. The van der Waals surface area contributed by atoms with Gasteiger partial charge in [0, 0.05) is 29.7 Å². The standard InChI is InChI=1S/C10H15N3S.2ClH/c11-7-5-8-1-2-9(6-7)13(8)10-12-3-4-14-10;;/h3-4,7-9H,1-2,5-6,11H2;2*1H. The Morgan fingerprint density at radius 3 is 2.38 bits per heavy atom. The van der Waals surface area contributed by atoms with Gasteiger partial charge in [0.1, 0.15) is 0 Å². The van der Waals surface area contributed by atoms with Gasteiger partial charge in [-0.3, -0.25) is 0 Å². The van der Waals surface area contributed by atoms with E-state index in [1.54, 1.807) is 11.3 Å². The number of nitrogens with zero attached hydrogens (tertiary/aromatic N) is 2. The van der Waals surface area contributed by atoms with Crippen molar-refractivity contribution in [3.63, 3.8) is 0 Å². The van der Waals surface area contributed by atoms with E-state index in [1.807, 2.05) is 6.20 Å². The lowest BCUT2D eigenvalue weighted by Crippen LogP contribution is -2.47. The lowest BCUT2D eigenvalue weighted by molar-refractivity contribution is 0.414. The molecule has 3 heterocycles. The van der Waals surface area contributed by atoms with E-state index < -0.39 is 0 Å². The van der Waals surface area contributed by atoms with E-state index in [9.17, 15) is 0 Å². The molecule has 92 valence electrons. The normalized spacial score (nSPS) is 31.8. The Morgan fingerprint density at radius 1 is 1.25 bits per heavy atom. The summed E-state index contributed by atoms with van der Waals surface area (Å²) in [7, 11) is 0. The van der Waals surface area contributed by atoms with Crippen molar-refractivity contribution in [2.24, 2.45) is 5.73 Å². The second-order valence-corrected chi connectivity index (χ2v) is 5.21. The fourth-order valence-electron chi connectivity index (χ4n) is 2.87. The fraction of sp³-hybridized carbons (Fsp3) is 0.700. The van der Waals surface area contributed by atoms with Crippen LogP contribution in [0.2, 0.25) is 0 Å². The van der Waals surface area contributed by atoms with Gasteiger partial charge in [-0.05, 0) is 25.7 Å². The van der Waals surface area contributed by atoms with Crippen molar-refractivity contribution in [2.75, 3.05) is 4.90 Å². The lowest BCUT2D eigenvalue weighted by atomic mass is 9.99. The van der Waals surface area contributed by atoms with E-state index in [0.717, 1.165) is 12.8 Å². The zero-order valence-corrected chi connectivity index (χ0v) is 11.4. The highest BCUT2D eigenvalue weighted by atomic mass is 35.5. The predicted molar refractivity (Wildman–Crippen MR) is 73.1 cm³/mol. The molecule has 16 heavy (non-hydrogen) atoms. The zero-order valence-electron chi connectivity index (χ0n) is 8.91. The van der Waals surface area contributed by atoms with E-state index in [4.69, 9.17) is 5.73 Å². The van der Waals surface area contributed by atoms with Gasteiger partial charge < -0.3 is 10.6 Å². The smallest absolute Gasteiger partial charge is 0.185 e. The lowest BCUT2D eigenvalue weighted by Gasteiger charge is -2.37. The molecule has 0 radical (unpaired) electrons. The van der Waals surface area contributed by atoms with Crippen molar-refractivity contribution in [1.29, 1.82) is 0 Å². The first kappa shape index (κ1) is 14.0. The molecule has 3 nitrogen and oxygen atoms in total. The molecular formula is C10H17Cl2N3S. The Balaban J connectivity index is 0.000000640. The molecular weight excluding hydrogens is 265 g/mol. The van der Waals surface area contributed by atoms with Crippen molar-refractivity contribution in [3.8, 4) is 0 Å². The summed E-state index contributed by atoms with van der Waals surface area (Å²) >= 11 is 1.75. The van der Waals surface area contributed by atoms with Gasteiger partial charge in [-0.2, -0.15) is 0 Å². The summed E-state index contributed by atoms with van der Waals surface area (Å²) in [5.41, 5.74) is 6.03. The van der Waals surface area contributed by atoms with Crippen LogP contribution in [0.25, 0.3) is 0 Å². The second kappa shape index (κ2) is 5.54. The van der Waals surface area contributed by atoms with Crippen LogP contribution in [0, 0.1) is 0 Å². The van der Waals surface area contributed by atoms with Gasteiger partial charge in [-0.15, -0.1) is 36.2 Å². The number of piperidine rings is 1. The molecule has 2 aliphatic heterocycles. The predicted octanol–water partition coefficient (Wildman–Crippen LogP) is 2.45. The molecule has 6 heteroatoms. The first-order valence-electron chi connectivity index (χ1n) is 5.28. The monoisotopic (exact) mass is 281 g/mol. The summed E-state index contributed by atoms with van der Waals surface area (Å²) in [6, 6.07) is 1.74. The van der Waals surface area contributed by atoms with Crippen LogP contribution in [0.3, 0.4) is 0 Å². The van der Waals surface area contributed by atoms with E-state index in [0.29, 0.717) is 18.1 Å². The van der Waals surface area contributed by atoms with E-state index in [1.165, 1.54) is 18.0 Å². The number of hydrogen-bond donors (Lipinski definition) is 1. The first-order valence-corrected chi connectivity index (χ1v) is 6.16. The Labute approximate surface area is 112 Å². The summed E-state index contributed by atoms with van der Waals surface area (Å²) in [6.45, 7) is 0. The molecule has 2 N–H and O–H groups in total. The average molecular weight is 282 g/mol. The van der Waals surface area contributed by atoms with Crippen LogP contribution in [-0.4, -0.2) is 23.1 Å². The summed E-state index contributed by atoms with van der Waals surface area (Å²) in [5.74, 6) is 0. The number of thiazole rings is 1. The summed E-state index contributed by atoms with van der Waals surface area (Å²) in [6.07, 6.45) is 6.80. The number of rotatable bonds is 1. The number of fused-ring (bicyclic) bond motifs is 2. The Bertz CT molecular complexity index is 306. The van der Waals surface area contributed by atoms with Gasteiger partial charge in [-0.25, -0.2) is 4.98 Å². The molecule has 0 amide bonds. The Kier molecular flexibility index (Phi) is 4.86. The van der Waals surface area contributed by atoms with Gasteiger partial charge in [0.2, 0.25) is 0 Å². The zero-order chi connectivity index (χ0) is 9.54. The minimum atomic E-state index is 0. The molecule has 0 spiro atoms. The molecule has 3 rings (SSSR count). The maximum Gasteiger partial charge on any atom is 0.185 e. The molecule has 2 bridgehead atoms. The van der Waals surface area contributed by atoms with Crippen LogP contribution in [0.15, 0.2) is 11.6 Å². The fourth-order valence-corrected chi connectivity index (χ4v) is 3.66. The largest absolute Gasteiger partial charge is 0.342 e. The summed E-state index contributed by atoms with van der Waals surface area (Å²) in [4.78, 5) is 6.92. The number of aromatic nitrogens is 1. The third-order valence-corrected chi connectivity index (χ3v) is 4.19. The number of halogens is 2. The van der Waals surface area contributed by atoms with Crippen LogP contribution in [0.1, 0.15) is 25.7 Å². The van der Waals surface area contributed by atoms with Crippen LogP contribution < -0.4 is 10.6 Å². The Morgan fingerprint density at radius 2 is 1.88 bits per heavy atom. The van der Waals surface area contributed by atoms with E-state index in [2.05, 4.69) is 15.3 Å². The van der Waals surface area contributed by atoms with Crippen LogP contribution in [0.5, 0.6) is 0 Å². The first-order chi connectivity index (χ1) is 6.84. The highest BCUT2D eigenvalue weighted by molar-refractivity contribution is 7.13. The topological polar surface area (TPSA) is 42.1 Å². The number of nitrogens with two attached hydrogens (primary N) is 1. The molecule has 2 atom stereocenters. The summed E-state index contributed by atoms with van der Waals surface area (Å²) < 4.78 is 0. The molecule has 2 saturated heterocycles. The molecule has 2 unspecified atom stereocenters. The highest BCUT2D eigenvalue weighted by Crippen LogP contribution is 2.39.